The van der Waals surface area contributed by atoms with E-state index < -0.39 is 44.1 Å². The zero-order chi connectivity index (χ0) is 17.3. The summed E-state index contributed by atoms with van der Waals surface area (Å²) in [6.45, 7) is 4.73. The van der Waals surface area contributed by atoms with E-state index >= 15 is 0 Å². The van der Waals surface area contributed by atoms with Crippen molar-refractivity contribution < 1.29 is 34.7 Å². The highest BCUT2D eigenvalue weighted by atomic mass is 32.2. The second-order valence-corrected chi connectivity index (χ2v) is 9.26. The third-order valence-corrected chi connectivity index (χ3v) is 3.66. The second kappa shape index (κ2) is 6.30. The van der Waals surface area contributed by atoms with Gasteiger partial charge in [0.25, 0.3) is 20.2 Å². The molecule has 0 N–H and O–H groups in total. The van der Waals surface area contributed by atoms with E-state index in [2.05, 4.69) is 0 Å². The highest BCUT2D eigenvalue weighted by molar-refractivity contribution is 7.86. The number of amides is 1. The Kier molecular flexibility index (Phi) is 5.48. The van der Waals surface area contributed by atoms with Gasteiger partial charge in [0, 0.05) is 0 Å². The topological polar surface area (TPSA) is 116 Å². The first-order valence-electron chi connectivity index (χ1n) is 6.41. The van der Waals surface area contributed by atoms with Crippen LogP contribution in [0.15, 0.2) is 0 Å². The lowest BCUT2D eigenvalue weighted by molar-refractivity contribution is 0.0271. The normalized spacial score (nSPS) is 23.6. The summed E-state index contributed by atoms with van der Waals surface area (Å²) in [5.41, 5.74) is -0.736. The zero-order valence-electron chi connectivity index (χ0n) is 13.1. The van der Waals surface area contributed by atoms with Crippen LogP contribution in [-0.2, 0) is 33.3 Å². The molecule has 1 amide bonds. The quantitative estimate of drug-likeness (QED) is 0.640. The van der Waals surface area contributed by atoms with Gasteiger partial charge in [0.1, 0.15) is 17.8 Å². The number of likely N-dealkylation sites (tertiary alicyclic amines) is 1. The van der Waals surface area contributed by atoms with Crippen molar-refractivity contribution in [3.8, 4) is 0 Å². The van der Waals surface area contributed by atoms with Crippen LogP contribution in [0, 0.1) is 0 Å². The first kappa shape index (κ1) is 19.1. The number of ether oxygens (including phenoxy) is 1. The number of hydrogen-bond acceptors (Lipinski definition) is 8. The molecule has 11 heteroatoms. The molecule has 1 heterocycles. The minimum atomic E-state index is -3.83. The van der Waals surface area contributed by atoms with Crippen molar-refractivity contribution in [1.29, 1.82) is 0 Å². The van der Waals surface area contributed by atoms with E-state index in [0.717, 1.165) is 17.4 Å². The van der Waals surface area contributed by atoms with Crippen LogP contribution in [0.3, 0.4) is 0 Å². The summed E-state index contributed by atoms with van der Waals surface area (Å²) in [6, 6.07) is 0. The van der Waals surface area contributed by atoms with Gasteiger partial charge >= 0.3 is 6.09 Å². The maximum absolute atomic E-state index is 12.0. The Bertz CT molecular complexity index is 577. The van der Waals surface area contributed by atoms with Crippen molar-refractivity contribution in [2.45, 2.75) is 38.6 Å². The number of hydrogen-bond donors (Lipinski definition) is 0. The average molecular weight is 359 g/mol. The summed E-state index contributed by atoms with van der Waals surface area (Å²) < 4.78 is 59.7. The molecule has 0 aromatic rings. The molecule has 1 rings (SSSR count). The maximum Gasteiger partial charge on any atom is 0.410 e. The summed E-state index contributed by atoms with van der Waals surface area (Å²) in [5, 5.41) is 0. The van der Waals surface area contributed by atoms with Gasteiger partial charge in [-0.2, -0.15) is 16.8 Å². The first-order valence-corrected chi connectivity index (χ1v) is 10.0. The van der Waals surface area contributed by atoms with Crippen molar-refractivity contribution in [2.75, 3.05) is 25.6 Å². The largest absolute Gasteiger partial charge is 0.444 e. The summed E-state index contributed by atoms with van der Waals surface area (Å²) in [5.74, 6) is 0. The molecule has 9 nitrogen and oxygen atoms in total. The molecule has 0 radical (unpaired) electrons. The van der Waals surface area contributed by atoms with Gasteiger partial charge in [-0.25, -0.2) is 4.79 Å². The standard InChI is InChI=1S/C11H21NO8S2/c1-11(2,3)18-10(13)12-6-8(19-21(4,14)15)9(7-12)20-22(5,16)17/h8-9H,6-7H2,1-5H3/t8-,9-/m0/s1. The van der Waals surface area contributed by atoms with Crippen LogP contribution in [0.4, 0.5) is 4.79 Å². The molecule has 0 aromatic carbocycles. The van der Waals surface area contributed by atoms with Crippen LogP contribution < -0.4 is 0 Å². The van der Waals surface area contributed by atoms with Crippen molar-refractivity contribution in [3.05, 3.63) is 0 Å². The Morgan fingerprint density at radius 3 is 1.59 bits per heavy atom. The molecule has 1 saturated heterocycles. The van der Waals surface area contributed by atoms with Crippen molar-refractivity contribution in [3.63, 3.8) is 0 Å². The van der Waals surface area contributed by atoms with E-state index in [1.165, 1.54) is 0 Å². The number of carbonyl (C=O) groups excluding carboxylic acids is 1. The lowest BCUT2D eigenvalue weighted by Crippen LogP contribution is -2.36. The Morgan fingerprint density at radius 1 is 0.955 bits per heavy atom. The highest BCUT2D eigenvalue weighted by Gasteiger charge is 2.42. The lowest BCUT2D eigenvalue weighted by Gasteiger charge is -2.24. The van der Waals surface area contributed by atoms with Crippen LogP contribution in [0.5, 0.6) is 0 Å². The van der Waals surface area contributed by atoms with Crippen LogP contribution in [-0.4, -0.2) is 71.2 Å². The molecule has 1 aliphatic rings. The van der Waals surface area contributed by atoms with Gasteiger partial charge in [-0.05, 0) is 20.8 Å². The smallest absolute Gasteiger partial charge is 0.410 e. The van der Waals surface area contributed by atoms with Crippen molar-refractivity contribution in [1.82, 2.24) is 4.90 Å². The van der Waals surface area contributed by atoms with E-state index in [9.17, 15) is 21.6 Å². The maximum atomic E-state index is 12.0. The summed E-state index contributed by atoms with van der Waals surface area (Å²) in [7, 11) is -7.67. The fraction of sp³-hybridized carbons (Fsp3) is 0.909. The monoisotopic (exact) mass is 359 g/mol. The summed E-state index contributed by atoms with van der Waals surface area (Å²) >= 11 is 0. The van der Waals surface area contributed by atoms with E-state index in [1.54, 1.807) is 20.8 Å². The Balaban J connectivity index is 2.88. The Hall–Kier alpha value is -0.910. The number of rotatable bonds is 4. The van der Waals surface area contributed by atoms with Crippen molar-refractivity contribution in [2.24, 2.45) is 0 Å². The minimum absolute atomic E-state index is 0.151. The second-order valence-electron chi connectivity index (χ2n) is 6.06. The average Bonchev–Trinajstić information content (AvgIpc) is 2.53. The van der Waals surface area contributed by atoms with Gasteiger partial charge in [0.2, 0.25) is 0 Å². The van der Waals surface area contributed by atoms with Gasteiger partial charge < -0.3 is 9.64 Å². The predicted octanol–water partition coefficient (Wildman–Crippen LogP) is -0.0733. The molecule has 0 spiro atoms. The molecule has 1 aliphatic heterocycles. The molecule has 130 valence electrons. The van der Waals surface area contributed by atoms with Gasteiger partial charge in [-0.3, -0.25) is 8.37 Å². The van der Waals surface area contributed by atoms with Crippen LogP contribution in [0.2, 0.25) is 0 Å². The molecule has 0 aliphatic carbocycles. The molecule has 0 saturated carbocycles. The van der Waals surface area contributed by atoms with Gasteiger partial charge in [0.15, 0.2) is 0 Å². The zero-order valence-corrected chi connectivity index (χ0v) is 14.7. The van der Waals surface area contributed by atoms with Crippen LogP contribution in [0.1, 0.15) is 20.8 Å². The van der Waals surface area contributed by atoms with E-state index in [0.29, 0.717) is 0 Å². The first-order chi connectivity index (χ1) is 9.66. The SMILES string of the molecule is CC(C)(C)OC(=O)N1C[C@H](OS(C)(=O)=O)[C@@H](OS(C)(=O)=O)C1. The molecule has 0 bridgehead atoms. The van der Waals surface area contributed by atoms with Crippen LogP contribution in [0.25, 0.3) is 0 Å². The van der Waals surface area contributed by atoms with Gasteiger partial charge in [-0.1, -0.05) is 0 Å². The molecule has 1 fully saturated rings. The molecule has 2 atom stereocenters. The highest BCUT2D eigenvalue weighted by Crippen LogP contribution is 2.22. The summed E-state index contributed by atoms with van der Waals surface area (Å²) in [6.07, 6.45) is -1.26. The van der Waals surface area contributed by atoms with Crippen LogP contribution >= 0.6 is 0 Å². The summed E-state index contributed by atoms with van der Waals surface area (Å²) in [4.78, 5) is 13.1. The fourth-order valence-electron chi connectivity index (χ4n) is 1.85. The fourth-order valence-corrected chi connectivity index (χ4v) is 3.12. The van der Waals surface area contributed by atoms with E-state index in [-0.39, 0.29) is 13.1 Å². The molecular weight excluding hydrogens is 338 g/mol. The van der Waals surface area contributed by atoms with Gasteiger partial charge in [-0.15, -0.1) is 0 Å². The third-order valence-electron chi connectivity index (χ3n) is 2.46. The lowest BCUT2D eigenvalue weighted by atomic mass is 10.2. The van der Waals surface area contributed by atoms with E-state index in [4.69, 9.17) is 13.1 Å². The van der Waals surface area contributed by atoms with E-state index in [1.807, 2.05) is 0 Å². The number of nitrogens with zero attached hydrogens (tertiary/aromatic N) is 1. The molecule has 0 unspecified atom stereocenters. The molecular formula is C11H21NO8S2. The number of carbonyl (C=O) groups is 1. The minimum Gasteiger partial charge on any atom is -0.444 e. The third kappa shape index (κ3) is 6.90. The Labute approximate surface area is 130 Å². The van der Waals surface area contributed by atoms with Crippen molar-refractivity contribution >= 4 is 26.3 Å². The molecule has 0 aromatic heterocycles. The van der Waals surface area contributed by atoms with Gasteiger partial charge in [0.05, 0.1) is 25.6 Å². The Morgan fingerprint density at radius 2 is 1.32 bits per heavy atom. The predicted molar refractivity (Wildman–Crippen MR) is 77.2 cm³/mol. The molecule has 22 heavy (non-hydrogen) atoms.